The summed E-state index contributed by atoms with van der Waals surface area (Å²) in [4.78, 5) is 0. The van der Waals surface area contributed by atoms with Crippen LogP contribution in [0, 0.1) is 0 Å². The van der Waals surface area contributed by atoms with Crippen LogP contribution in [-0.4, -0.2) is 19.2 Å². The molecule has 1 heterocycles. The topological polar surface area (TPSA) is 57.8 Å². The van der Waals surface area contributed by atoms with Crippen LogP contribution in [0.25, 0.3) is 10.9 Å². The van der Waals surface area contributed by atoms with E-state index in [9.17, 15) is 4.21 Å². The SMILES string of the molecule is CC(NS(=O)C(C)(C)C)c1cccc2cn[nH]c12. The van der Waals surface area contributed by atoms with Crippen LogP contribution in [0.5, 0.6) is 0 Å². The first-order valence-electron chi connectivity index (χ1n) is 5.99. The molecule has 0 saturated carbocycles. The van der Waals surface area contributed by atoms with Crippen molar-refractivity contribution in [3.63, 3.8) is 0 Å². The molecule has 0 radical (unpaired) electrons. The highest BCUT2D eigenvalue weighted by Crippen LogP contribution is 2.23. The minimum Gasteiger partial charge on any atom is -0.277 e. The van der Waals surface area contributed by atoms with Crippen LogP contribution in [0.1, 0.15) is 39.3 Å². The minimum atomic E-state index is -1.08. The molecule has 0 spiro atoms. The number of para-hydroxylation sites is 1. The van der Waals surface area contributed by atoms with Crippen LogP contribution in [-0.2, 0) is 11.0 Å². The Morgan fingerprint density at radius 1 is 1.39 bits per heavy atom. The standard InChI is InChI=1S/C13H19N3OS/c1-9(16-18(17)13(2,3)4)11-7-5-6-10-8-14-15-12(10)11/h5-9,16H,1-4H3,(H,14,15). The van der Waals surface area contributed by atoms with E-state index in [0.717, 1.165) is 16.5 Å². The molecular formula is C13H19N3OS. The second-order valence-corrected chi connectivity index (χ2v) is 7.40. The van der Waals surface area contributed by atoms with Crippen molar-refractivity contribution in [2.45, 2.75) is 38.5 Å². The fourth-order valence-corrected chi connectivity index (χ4v) is 2.56. The van der Waals surface area contributed by atoms with Gasteiger partial charge in [0, 0.05) is 11.4 Å². The van der Waals surface area contributed by atoms with Gasteiger partial charge in [0.25, 0.3) is 0 Å². The molecule has 0 aliphatic carbocycles. The highest BCUT2D eigenvalue weighted by atomic mass is 32.2. The van der Waals surface area contributed by atoms with E-state index < -0.39 is 11.0 Å². The van der Waals surface area contributed by atoms with Crippen LogP contribution >= 0.6 is 0 Å². The van der Waals surface area contributed by atoms with Crippen molar-refractivity contribution in [1.29, 1.82) is 0 Å². The van der Waals surface area contributed by atoms with Crippen molar-refractivity contribution in [2.75, 3.05) is 0 Å². The average molecular weight is 265 g/mol. The van der Waals surface area contributed by atoms with E-state index in [1.54, 1.807) is 6.20 Å². The van der Waals surface area contributed by atoms with Gasteiger partial charge in [-0.05, 0) is 33.3 Å². The second kappa shape index (κ2) is 4.82. The van der Waals surface area contributed by atoms with Gasteiger partial charge in [-0.15, -0.1) is 0 Å². The molecule has 0 aliphatic heterocycles. The van der Waals surface area contributed by atoms with Gasteiger partial charge in [0.05, 0.1) is 27.4 Å². The van der Waals surface area contributed by atoms with Crippen molar-refractivity contribution in [1.82, 2.24) is 14.9 Å². The zero-order chi connectivity index (χ0) is 13.3. The first-order valence-corrected chi connectivity index (χ1v) is 7.14. The molecule has 2 atom stereocenters. The van der Waals surface area contributed by atoms with Gasteiger partial charge in [0.1, 0.15) is 0 Å². The van der Waals surface area contributed by atoms with Gasteiger partial charge >= 0.3 is 0 Å². The molecule has 2 N–H and O–H groups in total. The summed E-state index contributed by atoms with van der Waals surface area (Å²) >= 11 is 0. The van der Waals surface area contributed by atoms with Crippen LogP contribution in [0.15, 0.2) is 24.4 Å². The molecule has 0 fully saturated rings. The lowest BCUT2D eigenvalue weighted by molar-refractivity contribution is 0.617. The van der Waals surface area contributed by atoms with Gasteiger partial charge in [0.2, 0.25) is 0 Å². The van der Waals surface area contributed by atoms with Crippen LogP contribution in [0.2, 0.25) is 0 Å². The third-order valence-corrected chi connectivity index (χ3v) is 4.50. The Balaban J connectivity index is 2.26. The first-order chi connectivity index (χ1) is 8.39. The molecule has 0 bridgehead atoms. The van der Waals surface area contributed by atoms with E-state index in [2.05, 4.69) is 14.9 Å². The molecule has 2 aromatic rings. The molecule has 1 aromatic carbocycles. The third kappa shape index (κ3) is 2.62. The Morgan fingerprint density at radius 3 is 2.78 bits per heavy atom. The Morgan fingerprint density at radius 2 is 2.11 bits per heavy atom. The van der Waals surface area contributed by atoms with Crippen molar-refractivity contribution >= 4 is 21.9 Å². The Kier molecular flexibility index (Phi) is 3.54. The molecule has 0 amide bonds. The zero-order valence-corrected chi connectivity index (χ0v) is 12.0. The van der Waals surface area contributed by atoms with Crippen molar-refractivity contribution in [3.05, 3.63) is 30.0 Å². The Labute approximate surface area is 110 Å². The van der Waals surface area contributed by atoms with E-state index >= 15 is 0 Å². The smallest absolute Gasteiger partial charge is 0.0975 e. The number of hydrogen-bond acceptors (Lipinski definition) is 2. The number of hydrogen-bond donors (Lipinski definition) is 2. The monoisotopic (exact) mass is 265 g/mol. The second-order valence-electron chi connectivity index (χ2n) is 5.40. The lowest BCUT2D eigenvalue weighted by Crippen LogP contribution is -2.34. The number of aromatic nitrogens is 2. The van der Waals surface area contributed by atoms with Crippen LogP contribution in [0.4, 0.5) is 0 Å². The van der Waals surface area contributed by atoms with E-state index in [0.29, 0.717) is 0 Å². The van der Waals surface area contributed by atoms with E-state index in [4.69, 9.17) is 0 Å². The highest BCUT2D eigenvalue weighted by molar-refractivity contribution is 7.84. The fourth-order valence-electron chi connectivity index (χ4n) is 1.75. The van der Waals surface area contributed by atoms with Crippen molar-refractivity contribution < 1.29 is 4.21 Å². The molecule has 2 rings (SSSR count). The summed E-state index contributed by atoms with van der Waals surface area (Å²) in [6, 6.07) is 6.04. The predicted octanol–water partition coefficient (Wildman–Crippen LogP) is 2.68. The largest absolute Gasteiger partial charge is 0.277 e. The normalized spacial score (nSPS) is 15.8. The number of aromatic amines is 1. The highest BCUT2D eigenvalue weighted by Gasteiger charge is 2.22. The summed E-state index contributed by atoms with van der Waals surface area (Å²) in [7, 11) is -1.08. The maximum Gasteiger partial charge on any atom is 0.0975 e. The molecule has 18 heavy (non-hydrogen) atoms. The summed E-state index contributed by atoms with van der Waals surface area (Å²) < 4.78 is 15.0. The first kappa shape index (κ1) is 13.2. The number of H-pyrrole nitrogens is 1. The maximum absolute atomic E-state index is 12.1. The Hall–Kier alpha value is -1.20. The van der Waals surface area contributed by atoms with E-state index in [-0.39, 0.29) is 10.8 Å². The van der Waals surface area contributed by atoms with Crippen LogP contribution in [0.3, 0.4) is 0 Å². The van der Waals surface area contributed by atoms with Gasteiger partial charge in [0.15, 0.2) is 0 Å². The molecule has 1 aromatic heterocycles. The molecule has 5 heteroatoms. The third-order valence-electron chi connectivity index (χ3n) is 2.82. The lowest BCUT2D eigenvalue weighted by atomic mass is 10.1. The van der Waals surface area contributed by atoms with E-state index in [1.807, 2.05) is 45.9 Å². The number of nitrogens with zero attached hydrogens (tertiary/aromatic N) is 1. The van der Waals surface area contributed by atoms with Gasteiger partial charge in [-0.25, -0.2) is 8.93 Å². The summed E-state index contributed by atoms with van der Waals surface area (Å²) in [5.74, 6) is 0. The van der Waals surface area contributed by atoms with Crippen LogP contribution < -0.4 is 4.72 Å². The number of rotatable bonds is 3. The molecule has 4 nitrogen and oxygen atoms in total. The van der Waals surface area contributed by atoms with E-state index in [1.165, 1.54) is 0 Å². The number of fused-ring (bicyclic) bond motifs is 1. The zero-order valence-electron chi connectivity index (χ0n) is 11.2. The molecular weight excluding hydrogens is 246 g/mol. The molecule has 2 unspecified atom stereocenters. The molecule has 0 saturated heterocycles. The van der Waals surface area contributed by atoms with Gasteiger partial charge in [-0.1, -0.05) is 18.2 Å². The molecule has 98 valence electrons. The van der Waals surface area contributed by atoms with Gasteiger partial charge in [-0.3, -0.25) is 5.10 Å². The quantitative estimate of drug-likeness (QED) is 0.896. The Bertz CT molecular complexity index is 571. The fraction of sp³-hybridized carbons (Fsp3) is 0.462. The maximum atomic E-state index is 12.1. The minimum absolute atomic E-state index is 0.00853. The van der Waals surface area contributed by atoms with Crippen molar-refractivity contribution in [3.8, 4) is 0 Å². The van der Waals surface area contributed by atoms with Gasteiger partial charge in [-0.2, -0.15) is 5.10 Å². The summed E-state index contributed by atoms with van der Waals surface area (Å²) in [5.41, 5.74) is 2.09. The summed E-state index contributed by atoms with van der Waals surface area (Å²) in [6.07, 6.45) is 1.80. The predicted molar refractivity (Wildman–Crippen MR) is 75.5 cm³/mol. The molecule has 0 aliphatic rings. The average Bonchev–Trinajstić information content (AvgIpc) is 2.74. The number of nitrogens with one attached hydrogen (secondary N) is 2. The number of benzene rings is 1. The van der Waals surface area contributed by atoms with Crippen molar-refractivity contribution in [2.24, 2.45) is 0 Å². The summed E-state index contributed by atoms with van der Waals surface area (Å²) in [5, 5.41) is 8.11. The summed E-state index contributed by atoms with van der Waals surface area (Å²) in [6.45, 7) is 7.89. The lowest BCUT2D eigenvalue weighted by Gasteiger charge is -2.22. The van der Waals surface area contributed by atoms with Gasteiger partial charge < -0.3 is 0 Å².